The van der Waals surface area contributed by atoms with Crippen molar-refractivity contribution in [2.45, 2.75) is 31.0 Å². The number of carbonyl (C=O) groups is 1. The fourth-order valence-corrected chi connectivity index (χ4v) is 4.70. The minimum Gasteiger partial charge on any atom is -0.497 e. The molecule has 11 heteroatoms. The van der Waals surface area contributed by atoms with Gasteiger partial charge >= 0.3 is 0 Å². The highest BCUT2D eigenvalue weighted by Crippen LogP contribution is 2.31. The fourth-order valence-electron chi connectivity index (χ4n) is 3.47. The van der Waals surface area contributed by atoms with Gasteiger partial charge in [-0.2, -0.15) is 0 Å². The lowest BCUT2D eigenvalue weighted by Crippen LogP contribution is -2.48. The summed E-state index contributed by atoms with van der Waals surface area (Å²) in [4.78, 5) is 24.8. The molecule has 3 rings (SSSR count). The smallest absolute Gasteiger partial charge is 0.293 e. The van der Waals surface area contributed by atoms with Gasteiger partial charge in [0.05, 0.1) is 41.6 Å². The Morgan fingerprint density at radius 3 is 2.45 bits per heavy atom. The van der Waals surface area contributed by atoms with Crippen LogP contribution >= 0.6 is 0 Å². The first-order valence-electron chi connectivity index (χ1n) is 9.51. The van der Waals surface area contributed by atoms with Gasteiger partial charge in [-0.1, -0.05) is 12.1 Å². The molecule has 0 spiro atoms. The van der Waals surface area contributed by atoms with Gasteiger partial charge in [-0.3, -0.25) is 19.6 Å². The van der Waals surface area contributed by atoms with Gasteiger partial charge in [0.25, 0.3) is 21.6 Å². The van der Waals surface area contributed by atoms with E-state index in [1.165, 1.54) is 25.3 Å². The van der Waals surface area contributed by atoms with E-state index in [2.05, 4.69) is 4.72 Å². The fraction of sp³-hybridized carbons (Fsp3) is 0.350. The number of amides is 1. The van der Waals surface area contributed by atoms with Crippen molar-refractivity contribution in [2.75, 3.05) is 24.9 Å². The molecule has 0 aliphatic carbocycles. The second-order valence-electron chi connectivity index (χ2n) is 7.21. The zero-order valence-electron chi connectivity index (χ0n) is 17.3. The molecule has 10 nitrogen and oxygen atoms in total. The van der Waals surface area contributed by atoms with Gasteiger partial charge in [0, 0.05) is 13.1 Å². The third kappa shape index (κ3) is 4.94. The Balaban J connectivity index is 1.95. The standard InChI is InChI=1S/C20H23N3O7S/c1-13-11-22(12-14(2)30-13)20(24)16-6-4-5-7-17(16)21-31(27,28)19-9-8-15(29-3)10-18(19)23(25)26/h4-10,13-14,21H,11-12H2,1-3H3. The molecule has 1 heterocycles. The van der Waals surface area contributed by atoms with Crippen LogP contribution in [0, 0.1) is 10.1 Å². The summed E-state index contributed by atoms with van der Waals surface area (Å²) in [6, 6.07) is 9.57. The highest BCUT2D eigenvalue weighted by molar-refractivity contribution is 7.92. The van der Waals surface area contributed by atoms with Crippen LogP contribution in [0.15, 0.2) is 47.4 Å². The van der Waals surface area contributed by atoms with E-state index in [1.54, 1.807) is 17.0 Å². The van der Waals surface area contributed by atoms with Crippen LogP contribution in [0.25, 0.3) is 0 Å². The lowest BCUT2D eigenvalue weighted by molar-refractivity contribution is -0.387. The topological polar surface area (TPSA) is 128 Å². The molecule has 0 saturated carbocycles. The maximum atomic E-state index is 13.1. The van der Waals surface area contributed by atoms with Crippen molar-refractivity contribution in [3.63, 3.8) is 0 Å². The molecule has 2 atom stereocenters. The normalized spacial score (nSPS) is 19.0. The van der Waals surface area contributed by atoms with E-state index >= 15 is 0 Å². The van der Waals surface area contributed by atoms with Gasteiger partial charge < -0.3 is 14.4 Å². The summed E-state index contributed by atoms with van der Waals surface area (Å²) in [5.41, 5.74) is -0.459. The molecule has 2 unspecified atom stereocenters. The quantitative estimate of drug-likeness (QED) is 0.530. The zero-order chi connectivity index (χ0) is 22.8. The van der Waals surface area contributed by atoms with Gasteiger partial charge in [-0.15, -0.1) is 0 Å². The number of nitro benzene ring substituents is 1. The molecule has 166 valence electrons. The van der Waals surface area contributed by atoms with Gasteiger partial charge in [-0.05, 0) is 38.1 Å². The molecule has 1 N–H and O–H groups in total. The van der Waals surface area contributed by atoms with Crippen LogP contribution in [0.1, 0.15) is 24.2 Å². The molecule has 1 fully saturated rings. The van der Waals surface area contributed by atoms with Crippen LogP contribution in [-0.4, -0.2) is 56.6 Å². The minimum absolute atomic E-state index is 0.0319. The molecule has 1 aliphatic rings. The summed E-state index contributed by atoms with van der Waals surface area (Å²) < 4.78 is 38.9. The van der Waals surface area contributed by atoms with Crippen molar-refractivity contribution in [2.24, 2.45) is 0 Å². The molecule has 2 aromatic carbocycles. The van der Waals surface area contributed by atoms with E-state index in [-0.39, 0.29) is 35.1 Å². The number of para-hydroxylation sites is 1. The number of ether oxygens (including phenoxy) is 2. The summed E-state index contributed by atoms with van der Waals surface area (Å²) in [6.45, 7) is 4.45. The average molecular weight is 449 g/mol. The van der Waals surface area contributed by atoms with Crippen molar-refractivity contribution in [3.8, 4) is 5.75 Å². The number of anilines is 1. The van der Waals surface area contributed by atoms with Crippen LogP contribution in [0.2, 0.25) is 0 Å². The van der Waals surface area contributed by atoms with Crippen molar-refractivity contribution >= 4 is 27.3 Å². The molecule has 0 aromatic heterocycles. The van der Waals surface area contributed by atoms with Gasteiger partial charge in [0.15, 0.2) is 4.90 Å². The Labute approximate surface area is 180 Å². The average Bonchev–Trinajstić information content (AvgIpc) is 2.72. The van der Waals surface area contributed by atoms with Gasteiger partial charge in [0.2, 0.25) is 0 Å². The zero-order valence-corrected chi connectivity index (χ0v) is 18.1. The first kappa shape index (κ1) is 22.5. The van der Waals surface area contributed by atoms with E-state index < -0.39 is 25.5 Å². The van der Waals surface area contributed by atoms with Crippen LogP contribution in [-0.2, 0) is 14.8 Å². The van der Waals surface area contributed by atoms with Crippen LogP contribution in [0.3, 0.4) is 0 Å². The van der Waals surface area contributed by atoms with E-state index in [1.807, 2.05) is 13.8 Å². The number of hydrogen-bond acceptors (Lipinski definition) is 7. The lowest BCUT2D eigenvalue weighted by atomic mass is 10.1. The monoisotopic (exact) mass is 449 g/mol. The Morgan fingerprint density at radius 2 is 1.84 bits per heavy atom. The number of benzene rings is 2. The highest BCUT2D eigenvalue weighted by Gasteiger charge is 2.30. The van der Waals surface area contributed by atoms with E-state index in [0.29, 0.717) is 13.1 Å². The Hall–Kier alpha value is -3.18. The Morgan fingerprint density at radius 1 is 1.19 bits per heavy atom. The SMILES string of the molecule is COc1ccc(S(=O)(=O)Nc2ccccc2C(=O)N2CC(C)OC(C)C2)c([N+](=O)[O-])c1. The summed E-state index contributed by atoms with van der Waals surface area (Å²) >= 11 is 0. The van der Waals surface area contributed by atoms with Crippen molar-refractivity contribution in [3.05, 3.63) is 58.1 Å². The molecule has 0 radical (unpaired) electrons. The number of methoxy groups -OCH3 is 1. The molecule has 1 amide bonds. The molecule has 2 aromatic rings. The predicted molar refractivity (Wildman–Crippen MR) is 113 cm³/mol. The Bertz CT molecular complexity index is 1090. The molecule has 0 bridgehead atoms. The first-order chi connectivity index (χ1) is 14.6. The van der Waals surface area contributed by atoms with Gasteiger partial charge in [0.1, 0.15) is 5.75 Å². The number of hydrogen-bond donors (Lipinski definition) is 1. The van der Waals surface area contributed by atoms with E-state index in [0.717, 1.165) is 12.1 Å². The van der Waals surface area contributed by atoms with Crippen molar-refractivity contribution < 1.29 is 27.6 Å². The van der Waals surface area contributed by atoms with E-state index in [4.69, 9.17) is 9.47 Å². The Kier molecular flexibility index (Phi) is 6.46. The van der Waals surface area contributed by atoms with Gasteiger partial charge in [-0.25, -0.2) is 8.42 Å². The number of nitro groups is 1. The summed E-state index contributed by atoms with van der Waals surface area (Å²) in [5, 5.41) is 11.4. The largest absolute Gasteiger partial charge is 0.497 e. The number of sulfonamides is 1. The second-order valence-corrected chi connectivity index (χ2v) is 8.86. The molecular weight excluding hydrogens is 426 g/mol. The highest BCUT2D eigenvalue weighted by atomic mass is 32.2. The maximum absolute atomic E-state index is 13.1. The predicted octanol–water partition coefficient (Wildman–Crippen LogP) is 2.65. The van der Waals surface area contributed by atoms with Crippen molar-refractivity contribution in [1.82, 2.24) is 4.90 Å². The first-order valence-corrected chi connectivity index (χ1v) is 11.0. The third-order valence-corrected chi connectivity index (χ3v) is 6.17. The van der Waals surface area contributed by atoms with Crippen molar-refractivity contribution in [1.29, 1.82) is 0 Å². The number of rotatable bonds is 6. The molecule has 1 saturated heterocycles. The maximum Gasteiger partial charge on any atom is 0.293 e. The number of nitrogens with zero attached hydrogens (tertiary/aromatic N) is 2. The lowest BCUT2D eigenvalue weighted by Gasteiger charge is -2.35. The minimum atomic E-state index is -4.36. The van der Waals surface area contributed by atoms with E-state index in [9.17, 15) is 23.3 Å². The van der Waals surface area contributed by atoms with Crippen LogP contribution in [0.4, 0.5) is 11.4 Å². The molecular formula is C20H23N3O7S. The number of morpholine rings is 1. The second kappa shape index (κ2) is 8.90. The summed E-state index contributed by atoms with van der Waals surface area (Å²) in [7, 11) is -3.04. The number of carbonyl (C=O) groups excluding carboxylic acids is 1. The summed E-state index contributed by atoms with van der Waals surface area (Å²) in [5.74, 6) is -0.207. The number of nitrogens with one attached hydrogen (secondary N) is 1. The summed E-state index contributed by atoms with van der Waals surface area (Å²) in [6.07, 6.45) is -0.308. The third-order valence-electron chi connectivity index (χ3n) is 4.76. The van der Waals surface area contributed by atoms with Crippen LogP contribution < -0.4 is 9.46 Å². The molecule has 1 aliphatic heterocycles. The molecule has 31 heavy (non-hydrogen) atoms. The van der Waals surface area contributed by atoms with Crippen LogP contribution in [0.5, 0.6) is 5.75 Å².